The van der Waals surface area contributed by atoms with Crippen molar-refractivity contribution < 1.29 is 24.5 Å². The van der Waals surface area contributed by atoms with Gasteiger partial charge < -0.3 is 14.9 Å². The van der Waals surface area contributed by atoms with Gasteiger partial charge in [0.2, 0.25) is 0 Å². The van der Waals surface area contributed by atoms with Crippen molar-refractivity contribution in [2.24, 2.45) is 5.92 Å². The lowest BCUT2D eigenvalue weighted by atomic mass is 9.85. The minimum atomic E-state index is -0.992. The lowest BCUT2D eigenvalue weighted by molar-refractivity contribution is -0.132. The predicted octanol–water partition coefficient (Wildman–Crippen LogP) is 7.00. The first-order valence-electron chi connectivity index (χ1n) is 12.5. The summed E-state index contributed by atoms with van der Waals surface area (Å²) in [6.45, 7) is 10.8. The van der Waals surface area contributed by atoms with E-state index in [9.17, 15) is 19.8 Å². The van der Waals surface area contributed by atoms with Crippen LogP contribution < -0.4 is 9.64 Å². The van der Waals surface area contributed by atoms with Crippen molar-refractivity contribution in [1.82, 2.24) is 0 Å². The fourth-order valence-electron chi connectivity index (χ4n) is 4.40. The highest BCUT2D eigenvalue weighted by Gasteiger charge is 2.47. The molecule has 0 spiro atoms. The van der Waals surface area contributed by atoms with Gasteiger partial charge in [0.15, 0.2) is 0 Å². The number of hydrogen-bond acceptors (Lipinski definition) is 5. The SMILES string of the molecule is CC(C)COc1cccc(/C(O)=C2\C(=O)C(=O)N(c3cc(Cl)ccc3O)C2c2ccc(C(C)(C)C)cc2)c1. The summed E-state index contributed by atoms with van der Waals surface area (Å²) in [7, 11) is 0. The number of ether oxygens (including phenoxy) is 1. The molecule has 6 nitrogen and oxygen atoms in total. The Bertz CT molecular complexity index is 1400. The molecule has 3 aromatic carbocycles. The van der Waals surface area contributed by atoms with E-state index < -0.39 is 17.7 Å². The van der Waals surface area contributed by atoms with Crippen molar-refractivity contribution in [2.45, 2.75) is 46.1 Å². The first kappa shape index (κ1) is 27.3. The summed E-state index contributed by atoms with van der Waals surface area (Å²) in [5, 5.41) is 22.4. The predicted molar refractivity (Wildman–Crippen MR) is 150 cm³/mol. The molecule has 2 N–H and O–H groups in total. The van der Waals surface area contributed by atoms with Crippen LogP contribution >= 0.6 is 11.6 Å². The van der Waals surface area contributed by atoms with Crippen molar-refractivity contribution >= 4 is 34.7 Å². The van der Waals surface area contributed by atoms with E-state index in [-0.39, 0.29) is 33.2 Å². The molecule has 0 bridgehead atoms. The zero-order valence-corrected chi connectivity index (χ0v) is 22.9. The number of hydrogen-bond donors (Lipinski definition) is 2. The third-order valence-corrected chi connectivity index (χ3v) is 6.66. The maximum Gasteiger partial charge on any atom is 0.300 e. The van der Waals surface area contributed by atoms with Gasteiger partial charge in [-0.2, -0.15) is 0 Å². The van der Waals surface area contributed by atoms with Gasteiger partial charge in [0.1, 0.15) is 17.3 Å². The minimum absolute atomic E-state index is 0.0811. The summed E-state index contributed by atoms with van der Waals surface area (Å²) < 4.78 is 5.80. The Labute approximate surface area is 228 Å². The number of halogens is 1. The number of aliphatic hydroxyl groups excluding tert-OH is 1. The molecule has 3 aromatic rings. The molecule has 7 heteroatoms. The molecule has 1 fully saturated rings. The fraction of sp³-hybridized carbons (Fsp3) is 0.290. The van der Waals surface area contributed by atoms with E-state index in [1.807, 2.05) is 38.1 Å². The Balaban J connectivity index is 1.90. The number of phenols is 1. The average Bonchev–Trinajstić information content (AvgIpc) is 3.13. The molecular weight excluding hydrogens is 502 g/mol. The van der Waals surface area contributed by atoms with Crippen molar-refractivity contribution in [3.05, 3.63) is 94.0 Å². The van der Waals surface area contributed by atoms with Gasteiger partial charge in [0.25, 0.3) is 11.7 Å². The average molecular weight is 534 g/mol. The van der Waals surface area contributed by atoms with Gasteiger partial charge in [-0.1, -0.05) is 82.6 Å². The van der Waals surface area contributed by atoms with Crippen LogP contribution in [-0.2, 0) is 15.0 Å². The van der Waals surface area contributed by atoms with Gasteiger partial charge >= 0.3 is 0 Å². The Morgan fingerprint density at radius 3 is 2.34 bits per heavy atom. The number of benzene rings is 3. The van der Waals surface area contributed by atoms with Crippen molar-refractivity contribution in [3.8, 4) is 11.5 Å². The molecule has 198 valence electrons. The Hall–Kier alpha value is -3.77. The van der Waals surface area contributed by atoms with Crippen LogP contribution in [0.15, 0.2) is 72.3 Å². The Morgan fingerprint density at radius 1 is 1.03 bits per heavy atom. The van der Waals surface area contributed by atoms with E-state index in [0.717, 1.165) is 5.56 Å². The molecule has 1 aliphatic heterocycles. The molecule has 0 saturated carbocycles. The molecule has 1 aliphatic rings. The van der Waals surface area contributed by atoms with E-state index in [4.69, 9.17) is 16.3 Å². The molecule has 1 heterocycles. The summed E-state index contributed by atoms with van der Waals surface area (Å²) in [6, 6.07) is 17.6. The molecule has 0 aromatic heterocycles. The summed E-state index contributed by atoms with van der Waals surface area (Å²) >= 11 is 6.20. The highest BCUT2D eigenvalue weighted by atomic mass is 35.5. The molecule has 1 amide bonds. The van der Waals surface area contributed by atoms with Crippen LogP contribution in [0.4, 0.5) is 5.69 Å². The summed E-state index contributed by atoms with van der Waals surface area (Å²) in [5.74, 6) is -1.43. The molecule has 1 unspecified atom stereocenters. The van der Waals surface area contributed by atoms with Gasteiger partial charge in [-0.05, 0) is 52.8 Å². The second kappa shape index (κ2) is 10.5. The standard InChI is InChI=1S/C31H32ClNO5/c1-18(2)17-38-23-8-6-7-20(15-23)28(35)26-27(19-9-11-21(12-10-19)31(3,4)5)33(30(37)29(26)36)24-16-22(32)13-14-25(24)34/h6-16,18,27,34-35H,17H2,1-5H3/b28-26+. The second-order valence-electron chi connectivity index (χ2n) is 10.9. The second-order valence-corrected chi connectivity index (χ2v) is 11.3. The van der Waals surface area contributed by atoms with Crippen molar-refractivity contribution in [3.63, 3.8) is 0 Å². The van der Waals surface area contributed by atoms with E-state index in [0.29, 0.717) is 29.4 Å². The number of Topliss-reactive ketones (excluding diaryl/α,β-unsaturated/α-hetero) is 1. The van der Waals surface area contributed by atoms with Crippen LogP contribution in [0.5, 0.6) is 11.5 Å². The van der Waals surface area contributed by atoms with Gasteiger partial charge in [-0.15, -0.1) is 0 Å². The van der Waals surface area contributed by atoms with Gasteiger partial charge in [-0.25, -0.2) is 0 Å². The zero-order valence-electron chi connectivity index (χ0n) is 22.2. The monoisotopic (exact) mass is 533 g/mol. The summed E-state index contributed by atoms with van der Waals surface area (Å²) in [4.78, 5) is 28.1. The van der Waals surface area contributed by atoms with Crippen LogP contribution in [-0.4, -0.2) is 28.5 Å². The van der Waals surface area contributed by atoms with Crippen molar-refractivity contribution in [1.29, 1.82) is 0 Å². The first-order valence-corrected chi connectivity index (χ1v) is 12.9. The van der Waals surface area contributed by atoms with Gasteiger partial charge in [-0.3, -0.25) is 14.5 Å². The Kier molecular flexibility index (Phi) is 7.56. The maximum absolute atomic E-state index is 13.5. The number of ketones is 1. The smallest absolute Gasteiger partial charge is 0.300 e. The first-order chi connectivity index (χ1) is 17.9. The van der Waals surface area contributed by atoms with Crippen LogP contribution in [0.3, 0.4) is 0 Å². The molecule has 0 aliphatic carbocycles. The summed E-state index contributed by atoms with van der Waals surface area (Å²) in [6.07, 6.45) is 0. The number of carbonyl (C=O) groups is 2. The fourth-order valence-corrected chi connectivity index (χ4v) is 4.57. The third-order valence-electron chi connectivity index (χ3n) is 6.42. The zero-order chi connectivity index (χ0) is 27.8. The third kappa shape index (κ3) is 5.41. The molecule has 38 heavy (non-hydrogen) atoms. The van der Waals surface area contributed by atoms with Crippen LogP contribution in [0.2, 0.25) is 5.02 Å². The number of anilines is 1. The normalized spacial score (nSPS) is 17.3. The van der Waals surface area contributed by atoms with Gasteiger partial charge in [0.05, 0.1) is 23.9 Å². The number of carbonyl (C=O) groups excluding carboxylic acids is 2. The van der Waals surface area contributed by atoms with Crippen molar-refractivity contribution in [2.75, 3.05) is 11.5 Å². The molecule has 1 saturated heterocycles. The molecular formula is C31H32ClNO5. The lowest BCUT2D eigenvalue weighted by Crippen LogP contribution is -2.29. The van der Waals surface area contributed by atoms with Crippen LogP contribution in [0, 0.1) is 5.92 Å². The lowest BCUT2D eigenvalue weighted by Gasteiger charge is -2.27. The topological polar surface area (TPSA) is 87.1 Å². The molecule has 1 atom stereocenters. The Morgan fingerprint density at radius 2 is 1.71 bits per heavy atom. The van der Waals surface area contributed by atoms with E-state index >= 15 is 0 Å². The van der Waals surface area contributed by atoms with Crippen LogP contribution in [0.25, 0.3) is 5.76 Å². The molecule has 4 rings (SSSR count). The minimum Gasteiger partial charge on any atom is -0.507 e. The van der Waals surface area contributed by atoms with E-state index in [1.54, 1.807) is 24.3 Å². The van der Waals surface area contributed by atoms with E-state index in [2.05, 4.69) is 20.8 Å². The highest BCUT2D eigenvalue weighted by molar-refractivity contribution is 6.52. The van der Waals surface area contributed by atoms with Crippen LogP contribution in [0.1, 0.15) is 57.4 Å². The van der Waals surface area contributed by atoms with Gasteiger partial charge in [0, 0.05) is 10.6 Å². The number of amides is 1. The van der Waals surface area contributed by atoms with E-state index in [1.165, 1.54) is 23.1 Å². The molecule has 0 radical (unpaired) electrons. The highest BCUT2D eigenvalue weighted by Crippen LogP contribution is 2.45. The number of rotatable bonds is 6. The number of nitrogens with zero attached hydrogens (tertiary/aromatic N) is 1. The summed E-state index contributed by atoms with van der Waals surface area (Å²) in [5.41, 5.74) is 1.90. The number of aliphatic hydroxyl groups is 1. The number of phenolic OH excluding ortho intramolecular Hbond substituents is 1. The number of aromatic hydroxyl groups is 1. The maximum atomic E-state index is 13.5. The quantitative estimate of drug-likeness (QED) is 0.202. The largest absolute Gasteiger partial charge is 0.507 e.